The van der Waals surface area contributed by atoms with Gasteiger partial charge in [-0.05, 0) is 97.8 Å². The van der Waals surface area contributed by atoms with Crippen molar-refractivity contribution in [2.24, 2.45) is 5.92 Å². The molecule has 4 atom stereocenters. The molecule has 9 nitrogen and oxygen atoms in total. The molecule has 3 fully saturated rings. The minimum absolute atomic E-state index is 0.00401. The molecule has 7 rings (SSSR count). The Hall–Kier alpha value is -4.48. The second kappa shape index (κ2) is 17.3. The first-order valence-corrected chi connectivity index (χ1v) is 23.4. The van der Waals surface area contributed by atoms with Crippen molar-refractivity contribution in [3.63, 3.8) is 0 Å². The molecule has 3 aliphatic rings. The first kappa shape index (κ1) is 39.7. The van der Waals surface area contributed by atoms with Crippen LogP contribution in [0.25, 0.3) is 0 Å². The van der Waals surface area contributed by atoms with Crippen LogP contribution in [0, 0.1) is 5.92 Å². The monoisotopic (exact) mass is 774 g/mol. The summed E-state index contributed by atoms with van der Waals surface area (Å²) in [4.78, 5) is 34.5. The van der Waals surface area contributed by atoms with Crippen LogP contribution < -0.4 is 25.0 Å². The summed E-state index contributed by atoms with van der Waals surface area (Å²) in [5, 5.41) is 14.7. The van der Waals surface area contributed by atoms with Crippen molar-refractivity contribution in [2.75, 3.05) is 49.8 Å². The number of piperidine rings is 1. The smallest absolute Gasteiger partial charge is 0.254 e. The van der Waals surface area contributed by atoms with Gasteiger partial charge in [0.1, 0.15) is 11.3 Å². The lowest BCUT2D eigenvalue weighted by molar-refractivity contribution is -0.135. The summed E-state index contributed by atoms with van der Waals surface area (Å²) in [7, 11) is -0.507. The number of nitrogens with zero attached hydrogens (tertiary/aromatic N) is 3. The molecule has 56 heavy (non-hydrogen) atoms. The number of aliphatic hydroxyl groups excluding tert-OH is 1. The van der Waals surface area contributed by atoms with Gasteiger partial charge in [-0.2, -0.15) is 0 Å². The number of rotatable bonds is 14. The van der Waals surface area contributed by atoms with Gasteiger partial charge < -0.3 is 29.7 Å². The maximum atomic E-state index is 14.4. The minimum atomic E-state index is -2.20. The fourth-order valence-corrected chi connectivity index (χ4v) is 13.8. The Morgan fingerprint density at radius 3 is 2.25 bits per heavy atom. The Balaban J connectivity index is 1.10. The van der Waals surface area contributed by atoms with Crippen LogP contribution in [-0.2, 0) is 27.3 Å². The second-order valence-corrected chi connectivity index (χ2v) is 21.1. The number of hydrogen-bond donors (Lipinski definition) is 2. The standard InChI is InChI=1S/C46H58N4O5Si/c1-34-41(23-18-35-14-11-17-38(30-35)49-33-50(37-15-9-6-10-16-37)46(45(49)53)24-26-47-27-25-46)55-42(44(34)56(3,4)40-21-19-39(54-2)20-22-40)31-43(52)48(28-29-51)32-36-12-7-5-8-13-36/h5-17,19-22,30,34,41-42,44,47,51H,18,23-29,31-33H2,1-4H3/t34-,41+,42-,44+/m1/s1. The van der Waals surface area contributed by atoms with E-state index in [-0.39, 0.29) is 55.1 Å². The number of aliphatic hydroxyl groups is 1. The highest BCUT2D eigenvalue weighted by molar-refractivity contribution is 6.91. The number of carbonyl (C=O) groups excluding carboxylic acids is 2. The quantitative estimate of drug-likeness (QED) is 0.144. The normalized spacial score (nSPS) is 22.1. The Morgan fingerprint density at radius 2 is 1.57 bits per heavy atom. The molecule has 0 saturated carbocycles. The molecule has 0 radical (unpaired) electrons. The van der Waals surface area contributed by atoms with Gasteiger partial charge in [-0.25, -0.2) is 0 Å². The Bertz CT molecular complexity index is 1920. The van der Waals surface area contributed by atoms with Gasteiger partial charge in [0.15, 0.2) is 0 Å². The van der Waals surface area contributed by atoms with Gasteiger partial charge in [0.05, 0.1) is 47.1 Å². The average Bonchev–Trinajstić information content (AvgIpc) is 3.69. The van der Waals surface area contributed by atoms with E-state index >= 15 is 0 Å². The number of amides is 2. The molecule has 10 heteroatoms. The van der Waals surface area contributed by atoms with Crippen molar-refractivity contribution in [1.82, 2.24) is 10.2 Å². The lowest BCUT2D eigenvalue weighted by atomic mass is 9.86. The molecule has 4 aromatic carbocycles. The summed E-state index contributed by atoms with van der Waals surface area (Å²) in [5.41, 5.74) is 3.86. The highest BCUT2D eigenvalue weighted by atomic mass is 28.3. The van der Waals surface area contributed by atoms with Crippen molar-refractivity contribution in [3.05, 3.63) is 120 Å². The van der Waals surface area contributed by atoms with Gasteiger partial charge in [-0.1, -0.05) is 98.0 Å². The predicted molar refractivity (Wildman–Crippen MR) is 226 cm³/mol. The summed E-state index contributed by atoms with van der Waals surface area (Å²) in [6.45, 7) is 9.91. The van der Waals surface area contributed by atoms with E-state index in [1.807, 2.05) is 65.6 Å². The SMILES string of the molecule is COc1ccc([Si](C)(C)[C@H]2[C@H](C)[C@H](CCc3cccc(N4CN(c5ccccc5)C5(CCNCC5)C4=O)c3)O[C@@H]2CC(=O)N(CCO)Cc2ccccc2)cc1. The number of anilines is 2. The topological polar surface area (TPSA) is 94.6 Å². The van der Waals surface area contributed by atoms with Gasteiger partial charge in [-0.15, -0.1) is 0 Å². The van der Waals surface area contributed by atoms with Crippen LogP contribution in [0.2, 0.25) is 18.6 Å². The molecule has 296 valence electrons. The molecule has 3 saturated heterocycles. The molecular formula is C46H58N4O5Si. The van der Waals surface area contributed by atoms with Crippen LogP contribution in [0.3, 0.4) is 0 Å². The van der Waals surface area contributed by atoms with E-state index in [4.69, 9.17) is 9.47 Å². The third kappa shape index (κ3) is 8.16. The molecule has 2 amide bonds. The lowest BCUT2D eigenvalue weighted by Crippen LogP contribution is -2.55. The van der Waals surface area contributed by atoms with Crippen LogP contribution >= 0.6 is 0 Å². The van der Waals surface area contributed by atoms with E-state index < -0.39 is 13.6 Å². The molecule has 0 aromatic heterocycles. The molecule has 1 spiro atoms. The average molecular weight is 775 g/mol. The fraction of sp³-hybridized carbons (Fsp3) is 0.435. The lowest BCUT2D eigenvalue weighted by Gasteiger charge is -2.39. The van der Waals surface area contributed by atoms with E-state index in [9.17, 15) is 14.7 Å². The molecule has 3 heterocycles. The first-order chi connectivity index (χ1) is 27.1. The van der Waals surface area contributed by atoms with Crippen molar-refractivity contribution in [1.29, 1.82) is 0 Å². The number of aryl methyl sites for hydroxylation is 1. The Kier molecular flexibility index (Phi) is 12.3. The number of hydrogen-bond acceptors (Lipinski definition) is 7. The largest absolute Gasteiger partial charge is 0.497 e. The van der Waals surface area contributed by atoms with E-state index in [1.165, 1.54) is 10.8 Å². The van der Waals surface area contributed by atoms with Gasteiger partial charge in [0, 0.05) is 24.5 Å². The van der Waals surface area contributed by atoms with Crippen LogP contribution in [0.5, 0.6) is 5.75 Å². The zero-order chi connectivity index (χ0) is 39.3. The summed E-state index contributed by atoms with van der Waals surface area (Å²) in [6.07, 6.45) is 3.15. The van der Waals surface area contributed by atoms with Crippen molar-refractivity contribution in [2.45, 2.75) is 82.0 Å². The molecule has 3 aliphatic heterocycles. The maximum absolute atomic E-state index is 14.4. The summed E-state index contributed by atoms with van der Waals surface area (Å²) >= 11 is 0. The first-order valence-electron chi connectivity index (χ1n) is 20.3. The number of nitrogens with one attached hydrogen (secondary N) is 1. The third-order valence-electron chi connectivity index (χ3n) is 12.8. The van der Waals surface area contributed by atoms with Gasteiger partial charge in [0.25, 0.3) is 5.91 Å². The summed E-state index contributed by atoms with van der Waals surface area (Å²) < 4.78 is 12.5. The van der Waals surface area contributed by atoms with E-state index in [0.29, 0.717) is 13.2 Å². The Labute approximate surface area is 333 Å². The number of carbonyl (C=O) groups is 2. The van der Waals surface area contributed by atoms with E-state index in [1.54, 1.807) is 12.0 Å². The summed E-state index contributed by atoms with van der Waals surface area (Å²) in [6, 6.07) is 37.2. The minimum Gasteiger partial charge on any atom is -0.497 e. The van der Waals surface area contributed by atoms with Crippen molar-refractivity contribution >= 4 is 36.4 Å². The molecule has 0 aliphatic carbocycles. The molecule has 0 bridgehead atoms. The van der Waals surface area contributed by atoms with Crippen LogP contribution in [-0.4, -0.2) is 87.7 Å². The number of ether oxygens (including phenoxy) is 2. The predicted octanol–water partition coefficient (Wildman–Crippen LogP) is 6.36. The van der Waals surface area contributed by atoms with Crippen molar-refractivity contribution < 1.29 is 24.2 Å². The van der Waals surface area contributed by atoms with Gasteiger partial charge >= 0.3 is 0 Å². The number of benzene rings is 4. The highest BCUT2D eigenvalue weighted by Gasteiger charge is 2.54. The van der Waals surface area contributed by atoms with Crippen LogP contribution in [0.1, 0.15) is 43.7 Å². The summed E-state index contributed by atoms with van der Waals surface area (Å²) in [5.74, 6) is 1.23. The number of para-hydroxylation sites is 1. The fourth-order valence-electron chi connectivity index (χ4n) is 9.72. The van der Waals surface area contributed by atoms with Gasteiger partial charge in [-0.3, -0.25) is 14.5 Å². The molecular weight excluding hydrogens is 717 g/mol. The van der Waals surface area contributed by atoms with Crippen LogP contribution in [0.4, 0.5) is 11.4 Å². The molecule has 0 unspecified atom stereocenters. The second-order valence-electron chi connectivity index (χ2n) is 16.4. The molecule has 2 N–H and O–H groups in total. The van der Waals surface area contributed by atoms with Crippen LogP contribution in [0.15, 0.2) is 109 Å². The Morgan fingerprint density at radius 1 is 0.911 bits per heavy atom. The van der Waals surface area contributed by atoms with Crippen molar-refractivity contribution in [3.8, 4) is 5.75 Å². The third-order valence-corrected chi connectivity index (χ3v) is 17.2. The maximum Gasteiger partial charge on any atom is 0.254 e. The zero-order valence-corrected chi connectivity index (χ0v) is 34.4. The van der Waals surface area contributed by atoms with Gasteiger partial charge in [0.2, 0.25) is 5.91 Å². The number of methoxy groups -OCH3 is 1. The van der Waals surface area contributed by atoms with E-state index in [2.05, 4.69) is 78.8 Å². The highest BCUT2D eigenvalue weighted by Crippen LogP contribution is 2.47. The molecule has 4 aromatic rings. The van der Waals surface area contributed by atoms with E-state index in [0.717, 1.165) is 61.5 Å². The zero-order valence-electron chi connectivity index (χ0n) is 33.4.